The molecule has 1 heterocycles. The zero-order valence-corrected chi connectivity index (χ0v) is 14.4. The highest BCUT2D eigenvalue weighted by molar-refractivity contribution is 5.84. The standard InChI is InChI=1S/C18H24N2O3/c1-6-16(17-12(2)19-23-13(17)3)18(21)20(4)11-14-8-7-9-15(10-14)22-5/h7-10,16H,6,11H2,1-5H3. The molecule has 1 aromatic heterocycles. The molecule has 0 saturated heterocycles. The largest absolute Gasteiger partial charge is 0.497 e. The molecule has 0 aliphatic carbocycles. The highest BCUT2D eigenvalue weighted by Crippen LogP contribution is 2.28. The Morgan fingerprint density at radius 2 is 2.13 bits per heavy atom. The van der Waals surface area contributed by atoms with Crippen molar-refractivity contribution in [2.45, 2.75) is 39.7 Å². The molecule has 0 saturated carbocycles. The molecule has 23 heavy (non-hydrogen) atoms. The molecule has 0 spiro atoms. The van der Waals surface area contributed by atoms with Crippen LogP contribution in [0.1, 0.15) is 41.8 Å². The van der Waals surface area contributed by atoms with Crippen molar-refractivity contribution in [3.63, 3.8) is 0 Å². The molecule has 5 heteroatoms. The third-order valence-electron chi connectivity index (χ3n) is 4.07. The number of nitrogens with zero attached hydrogens (tertiary/aromatic N) is 2. The molecular weight excluding hydrogens is 292 g/mol. The van der Waals surface area contributed by atoms with Crippen molar-refractivity contribution in [2.75, 3.05) is 14.2 Å². The van der Waals surface area contributed by atoms with Gasteiger partial charge in [-0.25, -0.2) is 0 Å². The van der Waals surface area contributed by atoms with Crippen LogP contribution in [0.25, 0.3) is 0 Å². The molecule has 1 amide bonds. The summed E-state index contributed by atoms with van der Waals surface area (Å²) in [7, 11) is 3.46. The predicted molar refractivity (Wildman–Crippen MR) is 88.5 cm³/mol. The lowest BCUT2D eigenvalue weighted by molar-refractivity contribution is -0.132. The smallest absolute Gasteiger partial charge is 0.230 e. The minimum Gasteiger partial charge on any atom is -0.497 e. The van der Waals surface area contributed by atoms with Gasteiger partial charge in [-0.05, 0) is 38.0 Å². The van der Waals surface area contributed by atoms with Gasteiger partial charge in [-0.3, -0.25) is 4.79 Å². The first-order valence-corrected chi connectivity index (χ1v) is 7.78. The van der Waals surface area contributed by atoms with E-state index in [1.807, 2.05) is 52.1 Å². The van der Waals surface area contributed by atoms with E-state index < -0.39 is 0 Å². The van der Waals surface area contributed by atoms with E-state index in [0.717, 1.165) is 28.3 Å². The number of hydrogen-bond donors (Lipinski definition) is 0. The number of rotatable bonds is 6. The van der Waals surface area contributed by atoms with Crippen LogP contribution in [0, 0.1) is 13.8 Å². The first-order valence-electron chi connectivity index (χ1n) is 7.78. The summed E-state index contributed by atoms with van der Waals surface area (Å²) in [5.74, 6) is 1.36. The van der Waals surface area contributed by atoms with E-state index in [-0.39, 0.29) is 11.8 Å². The fourth-order valence-corrected chi connectivity index (χ4v) is 2.88. The molecule has 1 unspecified atom stereocenters. The summed E-state index contributed by atoms with van der Waals surface area (Å²) in [6.45, 7) is 6.28. The Morgan fingerprint density at radius 3 is 2.70 bits per heavy atom. The molecule has 0 aliphatic heterocycles. The lowest BCUT2D eigenvalue weighted by Gasteiger charge is -2.23. The van der Waals surface area contributed by atoms with E-state index in [4.69, 9.17) is 9.26 Å². The maximum atomic E-state index is 12.9. The number of aromatic nitrogens is 1. The summed E-state index contributed by atoms with van der Waals surface area (Å²) in [5.41, 5.74) is 2.74. The van der Waals surface area contributed by atoms with Crippen LogP contribution in [0.2, 0.25) is 0 Å². The zero-order chi connectivity index (χ0) is 17.0. The van der Waals surface area contributed by atoms with E-state index in [1.54, 1.807) is 12.0 Å². The lowest BCUT2D eigenvalue weighted by atomic mass is 9.93. The first kappa shape index (κ1) is 17.1. The second-order valence-electron chi connectivity index (χ2n) is 5.74. The van der Waals surface area contributed by atoms with E-state index in [2.05, 4.69) is 5.16 Å². The van der Waals surface area contributed by atoms with Crippen molar-refractivity contribution in [3.05, 3.63) is 46.8 Å². The summed E-state index contributed by atoms with van der Waals surface area (Å²) in [5, 5.41) is 3.97. The SMILES string of the molecule is CCC(C(=O)N(C)Cc1cccc(OC)c1)c1c(C)noc1C. The number of aryl methyl sites for hydroxylation is 2. The van der Waals surface area contributed by atoms with Crippen LogP contribution in [0.15, 0.2) is 28.8 Å². The molecule has 2 rings (SSSR count). The molecule has 0 radical (unpaired) electrons. The second-order valence-corrected chi connectivity index (χ2v) is 5.74. The minimum absolute atomic E-state index is 0.0738. The van der Waals surface area contributed by atoms with Gasteiger partial charge in [0.2, 0.25) is 5.91 Å². The fraction of sp³-hybridized carbons (Fsp3) is 0.444. The van der Waals surface area contributed by atoms with E-state index >= 15 is 0 Å². The molecule has 124 valence electrons. The average Bonchev–Trinajstić information content (AvgIpc) is 2.88. The maximum absolute atomic E-state index is 12.9. The molecule has 0 aliphatic rings. The van der Waals surface area contributed by atoms with Crippen molar-refractivity contribution >= 4 is 5.91 Å². The van der Waals surface area contributed by atoms with Crippen molar-refractivity contribution in [3.8, 4) is 5.75 Å². The molecule has 0 N–H and O–H groups in total. The Balaban J connectivity index is 2.17. The summed E-state index contributed by atoms with van der Waals surface area (Å²) in [6, 6.07) is 7.76. The van der Waals surface area contributed by atoms with E-state index in [9.17, 15) is 4.79 Å². The van der Waals surface area contributed by atoms with Crippen molar-refractivity contribution in [2.24, 2.45) is 0 Å². The van der Waals surface area contributed by atoms with E-state index in [1.165, 1.54) is 0 Å². The topological polar surface area (TPSA) is 55.6 Å². The summed E-state index contributed by atoms with van der Waals surface area (Å²) >= 11 is 0. The number of ether oxygens (including phenoxy) is 1. The molecule has 1 aromatic carbocycles. The number of benzene rings is 1. The van der Waals surface area contributed by atoms with Gasteiger partial charge in [0, 0.05) is 19.2 Å². The van der Waals surface area contributed by atoms with Crippen LogP contribution in [0.4, 0.5) is 0 Å². The van der Waals surface area contributed by atoms with Crippen LogP contribution >= 0.6 is 0 Å². The third kappa shape index (κ3) is 3.73. The second kappa shape index (κ2) is 7.31. The Bertz CT molecular complexity index is 659. The van der Waals surface area contributed by atoms with Gasteiger partial charge in [0.05, 0.1) is 18.7 Å². The fourth-order valence-electron chi connectivity index (χ4n) is 2.88. The normalized spacial score (nSPS) is 12.0. The van der Waals surface area contributed by atoms with Gasteiger partial charge in [0.1, 0.15) is 11.5 Å². The van der Waals surface area contributed by atoms with Gasteiger partial charge >= 0.3 is 0 Å². The average molecular weight is 316 g/mol. The van der Waals surface area contributed by atoms with Crippen LogP contribution in [0.3, 0.4) is 0 Å². The van der Waals surface area contributed by atoms with Crippen LogP contribution < -0.4 is 4.74 Å². The van der Waals surface area contributed by atoms with Crippen LogP contribution in [0.5, 0.6) is 5.75 Å². The van der Waals surface area contributed by atoms with Crippen molar-refractivity contribution in [1.82, 2.24) is 10.1 Å². The molecule has 0 bridgehead atoms. The molecule has 5 nitrogen and oxygen atoms in total. The monoisotopic (exact) mass is 316 g/mol. The molecule has 2 aromatic rings. The third-order valence-corrected chi connectivity index (χ3v) is 4.07. The van der Waals surface area contributed by atoms with Crippen LogP contribution in [-0.4, -0.2) is 30.1 Å². The summed E-state index contributed by atoms with van der Waals surface area (Å²) in [4.78, 5) is 14.6. The maximum Gasteiger partial charge on any atom is 0.230 e. The van der Waals surface area contributed by atoms with Gasteiger partial charge in [0.25, 0.3) is 0 Å². The van der Waals surface area contributed by atoms with Crippen LogP contribution in [-0.2, 0) is 11.3 Å². The molecular formula is C18H24N2O3. The molecule has 0 fully saturated rings. The molecule has 1 atom stereocenters. The predicted octanol–water partition coefficient (Wildman–Crippen LogP) is 3.45. The Morgan fingerprint density at radius 1 is 1.39 bits per heavy atom. The number of likely N-dealkylation sites (N-methyl/N-ethyl adjacent to an activating group) is 1. The number of carbonyl (C=O) groups excluding carboxylic acids is 1. The number of carbonyl (C=O) groups is 1. The zero-order valence-electron chi connectivity index (χ0n) is 14.4. The summed E-state index contributed by atoms with van der Waals surface area (Å²) < 4.78 is 10.5. The van der Waals surface area contributed by atoms with Crippen molar-refractivity contribution < 1.29 is 14.1 Å². The number of hydrogen-bond acceptors (Lipinski definition) is 4. The quantitative estimate of drug-likeness (QED) is 0.819. The highest BCUT2D eigenvalue weighted by Gasteiger charge is 2.28. The Kier molecular flexibility index (Phi) is 5.42. The van der Waals surface area contributed by atoms with E-state index in [0.29, 0.717) is 13.0 Å². The van der Waals surface area contributed by atoms with Gasteiger partial charge in [0.15, 0.2) is 0 Å². The first-order chi connectivity index (χ1) is 11.0. The number of amides is 1. The summed E-state index contributed by atoms with van der Waals surface area (Å²) in [6.07, 6.45) is 0.712. The lowest BCUT2D eigenvalue weighted by Crippen LogP contribution is -2.31. The van der Waals surface area contributed by atoms with Crippen molar-refractivity contribution in [1.29, 1.82) is 0 Å². The van der Waals surface area contributed by atoms with Gasteiger partial charge in [-0.1, -0.05) is 24.2 Å². The number of methoxy groups -OCH3 is 1. The van der Waals surface area contributed by atoms with Gasteiger partial charge in [-0.2, -0.15) is 0 Å². The Hall–Kier alpha value is -2.30. The minimum atomic E-state index is -0.225. The van der Waals surface area contributed by atoms with Gasteiger partial charge in [-0.15, -0.1) is 0 Å². The Labute approximate surface area is 137 Å². The van der Waals surface area contributed by atoms with Gasteiger partial charge < -0.3 is 14.2 Å². The highest BCUT2D eigenvalue weighted by atomic mass is 16.5.